The second-order valence-corrected chi connectivity index (χ2v) is 7.93. The minimum absolute atomic E-state index is 0.133. The second-order valence-electron chi connectivity index (χ2n) is 7.37. The first kappa shape index (κ1) is 28.0. The fourth-order valence-corrected chi connectivity index (χ4v) is 3.75. The fourth-order valence-electron chi connectivity index (χ4n) is 3.31. The van der Waals surface area contributed by atoms with Crippen molar-refractivity contribution in [2.45, 2.75) is 63.7 Å². The molecule has 0 aliphatic carbocycles. The maximum absolute atomic E-state index is 11.9. The standard InChI is InChI=1S/C21H24BrNO12/c1-10(24)30-9-17-18(31-11(2)25)19(32-12(3)26)20(33-13(4)27)21(35-17)34-16-6-5-15(23(28)29)7-14(16)8-22/h5-7,17-21H,8-9H2,1-4H3/t17-,18+,19+,20-,21+/m1/s1. The van der Waals surface area contributed by atoms with Crippen LogP contribution in [-0.4, -0.2) is 66.1 Å². The van der Waals surface area contributed by atoms with E-state index in [0.717, 1.165) is 27.7 Å². The van der Waals surface area contributed by atoms with Gasteiger partial charge < -0.3 is 28.4 Å². The predicted molar refractivity (Wildman–Crippen MR) is 118 cm³/mol. The van der Waals surface area contributed by atoms with Crippen molar-refractivity contribution in [2.75, 3.05) is 6.61 Å². The van der Waals surface area contributed by atoms with Gasteiger partial charge in [0.2, 0.25) is 12.4 Å². The lowest BCUT2D eigenvalue weighted by Gasteiger charge is -2.44. The smallest absolute Gasteiger partial charge is 0.303 e. The molecule has 1 aliphatic rings. The van der Waals surface area contributed by atoms with Gasteiger partial charge in [0.15, 0.2) is 12.2 Å². The van der Waals surface area contributed by atoms with Gasteiger partial charge in [-0.1, -0.05) is 15.9 Å². The summed E-state index contributed by atoms with van der Waals surface area (Å²) in [5, 5.41) is 11.3. The van der Waals surface area contributed by atoms with Crippen LogP contribution < -0.4 is 4.74 Å². The molecule has 0 N–H and O–H groups in total. The molecule has 192 valence electrons. The van der Waals surface area contributed by atoms with Crippen LogP contribution in [0, 0.1) is 10.1 Å². The Hall–Kier alpha value is -3.26. The van der Waals surface area contributed by atoms with Crippen LogP contribution >= 0.6 is 15.9 Å². The van der Waals surface area contributed by atoms with Gasteiger partial charge in [0.25, 0.3) is 5.69 Å². The molecular formula is C21H24BrNO12. The number of hydrogen-bond donors (Lipinski definition) is 0. The molecule has 35 heavy (non-hydrogen) atoms. The molecule has 1 saturated heterocycles. The van der Waals surface area contributed by atoms with E-state index in [0.29, 0.717) is 5.56 Å². The number of esters is 4. The lowest BCUT2D eigenvalue weighted by Crippen LogP contribution is -2.63. The van der Waals surface area contributed by atoms with Crippen LogP contribution in [0.5, 0.6) is 5.75 Å². The fraction of sp³-hybridized carbons (Fsp3) is 0.524. The van der Waals surface area contributed by atoms with E-state index in [9.17, 15) is 29.3 Å². The maximum Gasteiger partial charge on any atom is 0.303 e. The molecule has 0 radical (unpaired) electrons. The Balaban J connectivity index is 2.52. The number of alkyl halides is 1. The SMILES string of the molecule is CC(=O)OC[C@H]1O[C@H](Oc2ccc([N+](=O)[O-])cc2CBr)[C@H](OC(C)=O)[C@@H](OC(C)=O)[C@H]1OC(C)=O. The highest BCUT2D eigenvalue weighted by Gasteiger charge is 2.53. The van der Waals surface area contributed by atoms with E-state index < -0.39 is 66.1 Å². The zero-order valence-electron chi connectivity index (χ0n) is 19.3. The van der Waals surface area contributed by atoms with Gasteiger partial charge in [-0.2, -0.15) is 0 Å². The van der Waals surface area contributed by atoms with Gasteiger partial charge in [-0.25, -0.2) is 0 Å². The minimum Gasteiger partial charge on any atom is -0.463 e. The van der Waals surface area contributed by atoms with Crippen LogP contribution in [0.4, 0.5) is 5.69 Å². The van der Waals surface area contributed by atoms with Gasteiger partial charge in [0.1, 0.15) is 18.5 Å². The molecular weight excluding hydrogens is 538 g/mol. The highest BCUT2D eigenvalue weighted by atomic mass is 79.9. The molecule has 13 nitrogen and oxygen atoms in total. The summed E-state index contributed by atoms with van der Waals surface area (Å²) in [5.41, 5.74) is 0.181. The Kier molecular flexibility index (Phi) is 9.95. The molecule has 0 spiro atoms. The first-order chi connectivity index (χ1) is 16.4. The van der Waals surface area contributed by atoms with E-state index in [1.165, 1.54) is 18.2 Å². The van der Waals surface area contributed by atoms with Crippen LogP contribution in [0.15, 0.2) is 18.2 Å². The van der Waals surface area contributed by atoms with E-state index in [1.807, 2.05) is 0 Å². The second kappa shape index (κ2) is 12.4. The van der Waals surface area contributed by atoms with Crippen molar-refractivity contribution in [3.05, 3.63) is 33.9 Å². The number of rotatable bonds is 9. The van der Waals surface area contributed by atoms with Crippen molar-refractivity contribution in [3.8, 4) is 5.75 Å². The quantitative estimate of drug-likeness (QED) is 0.141. The van der Waals surface area contributed by atoms with Crippen LogP contribution in [0.2, 0.25) is 0 Å². The zero-order chi connectivity index (χ0) is 26.3. The van der Waals surface area contributed by atoms with Gasteiger partial charge in [-0.15, -0.1) is 0 Å². The van der Waals surface area contributed by atoms with E-state index >= 15 is 0 Å². The lowest BCUT2D eigenvalue weighted by molar-refractivity contribution is -0.385. The summed E-state index contributed by atoms with van der Waals surface area (Å²) in [4.78, 5) is 57.5. The van der Waals surface area contributed by atoms with Crippen LogP contribution in [0.25, 0.3) is 0 Å². The molecule has 1 aliphatic heterocycles. The summed E-state index contributed by atoms with van der Waals surface area (Å²) in [6.07, 6.45) is -6.78. The summed E-state index contributed by atoms with van der Waals surface area (Å²) in [5.74, 6) is -2.85. The average molecular weight is 562 g/mol. The Bertz CT molecular complexity index is 983. The number of halogens is 1. The van der Waals surface area contributed by atoms with Crippen molar-refractivity contribution in [3.63, 3.8) is 0 Å². The normalized spacial score (nSPS) is 23.5. The molecule has 5 atom stereocenters. The summed E-state index contributed by atoms with van der Waals surface area (Å²) in [6, 6.07) is 3.80. The van der Waals surface area contributed by atoms with Crippen LogP contribution in [-0.2, 0) is 48.2 Å². The Morgan fingerprint density at radius 1 is 0.943 bits per heavy atom. The first-order valence-electron chi connectivity index (χ1n) is 10.2. The maximum atomic E-state index is 11.9. The van der Waals surface area contributed by atoms with Crippen LogP contribution in [0.3, 0.4) is 0 Å². The van der Waals surface area contributed by atoms with Gasteiger partial charge in [-0.05, 0) is 6.07 Å². The highest BCUT2D eigenvalue weighted by Crippen LogP contribution is 2.33. The number of hydrogen-bond acceptors (Lipinski definition) is 12. The number of non-ortho nitro benzene ring substituents is 1. The summed E-state index contributed by atoms with van der Waals surface area (Å²) < 4.78 is 32.7. The monoisotopic (exact) mass is 561 g/mol. The largest absolute Gasteiger partial charge is 0.463 e. The number of carbonyl (C=O) groups excluding carboxylic acids is 4. The number of carbonyl (C=O) groups is 4. The Labute approximate surface area is 208 Å². The third kappa shape index (κ3) is 7.89. The topological polar surface area (TPSA) is 167 Å². The summed E-state index contributed by atoms with van der Waals surface area (Å²) >= 11 is 3.23. The molecule has 0 saturated carbocycles. The van der Waals surface area contributed by atoms with Gasteiger partial charge in [-0.3, -0.25) is 29.3 Å². The molecule has 1 aromatic rings. The van der Waals surface area contributed by atoms with Gasteiger partial charge in [0, 0.05) is 50.7 Å². The molecule has 1 aromatic carbocycles. The van der Waals surface area contributed by atoms with Crippen LogP contribution in [0.1, 0.15) is 33.3 Å². The number of nitro groups is 1. The van der Waals surface area contributed by atoms with Gasteiger partial charge >= 0.3 is 23.9 Å². The van der Waals surface area contributed by atoms with E-state index in [-0.39, 0.29) is 16.8 Å². The van der Waals surface area contributed by atoms with Crippen molar-refractivity contribution in [1.29, 1.82) is 0 Å². The van der Waals surface area contributed by atoms with Crippen molar-refractivity contribution in [2.24, 2.45) is 0 Å². The molecule has 1 fully saturated rings. The Morgan fingerprint density at radius 3 is 2.03 bits per heavy atom. The molecule has 14 heteroatoms. The molecule has 0 bridgehead atoms. The number of nitrogens with zero attached hydrogens (tertiary/aromatic N) is 1. The van der Waals surface area contributed by atoms with Gasteiger partial charge in [0.05, 0.1) is 4.92 Å². The zero-order valence-corrected chi connectivity index (χ0v) is 20.8. The van der Waals surface area contributed by atoms with Crippen molar-refractivity contribution in [1.82, 2.24) is 0 Å². The summed E-state index contributed by atoms with van der Waals surface area (Å²) in [6.45, 7) is 4.05. The number of nitro benzene ring substituents is 1. The van der Waals surface area contributed by atoms with Crippen molar-refractivity contribution < 1.29 is 52.5 Å². The predicted octanol–water partition coefficient (Wildman–Crippen LogP) is 1.95. The lowest BCUT2D eigenvalue weighted by atomic mass is 9.98. The molecule has 0 aromatic heterocycles. The average Bonchev–Trinajstić information content (AvgIpc) is 2.75. The van der Waals surface area contributed by atoms with E-state index in [4.69, 9.17) is 28.4 Å². The third-order valence-electron chi connectivity index (χ3n) is 4.59. The van der Waals surface area contributed by atoms with E-state index in [1.54, 1.807) is 0 Å². The first-order valence-corrected chi connectivity index (χ1v) is 11.4. The minimum atomic E-state index is -1.45. The summed E-state index contributed by atoms with van der Waals surface area (Å²) in [7, 11) is 0. The Morgan fingerprint density at radius 2 is 1.51 bits per heavy atom. The number of ether oxygens (including phenoxy) is 6. The van der Waals surface area contributed by atoms with E-state index in [2.05, 4.69) is 15.9 Å². The van der Waals surface area contributed by atoms with Crippen molar-refractivity contribution >= 4 is 45.5 Å². The highest BCUT2D eigenvalue weighted by molar-refractivity contribution is 9.08. The molecule has 0 unspecified atom stereocenters. The molecule has 2 rings (SSSR count). The number of benzene rings is 1. The third-order valence-corrected chi connectivity index (χ3v) is 5.19. The molecule has 1 heterocycles. The molecule has 0 amide bonds.